The van der Waals surface area contributed by atoms with E-state index < -0.39 is 11.9 Å². The molecule has 0 saturated heterocycles. The maximum atomic E-state index is 12.9. The molecule has 2 N–H and O–H groups in total. The van der Waals surface area contributed by atoms with Crippen LogP contribution in [0.25, 0.3) is 6.08 Å². The van der Waals surface area contributed by atoms with E-state index in [1.165, 1.54) is 18.2 Å². The number of hydrogen-bond donors (Lipinski definition) is 2. The number of nitrogens with one attached hydrogen (secondary N) is 1. The Balaban J connectivity index is 1.63. The van der Waals surface area contributed by atoms with Crippen LogP contribution in [-0.4, -0.2) is 17.0 Å². The molecule has 0 heterocycles. The number of ether oxygens (including phenoxy) is 1. The summed E-state index contributed by atoms with van der Waals surface area (Å²) < 4.78 is 19.5. The van der Waals surface area contributed by atoms with E-state index in [0.717, 1.165) is 10.0 Å². The van der Waals surface area contributed by atoms with Crippen molar-refractivity contribution in [3.8, 4) is 11.5 Å². The Morgan fingerprint density at radius 2 is 1.68 bits per heavy atom. The second-order valence-electron chi connectivity index (χ2n) is 6.64. The molecule has 3 rings (SSSR count). The zero-order valence-corrected chi connectivity index (χ0v) is 17.9. The highest BCUT2D eigenvalue weighted by atomic mass is 79.9. The maximum absolute atomic E-state index is 12.9. The molecule has 0 fully saturated rings. The molecule has 3 aromatic rings. The fourth-order valence-corrected chi connectivity index (χ4v) is 3.09. The van der Waals surface area contributed by atoms with Crippen molar-refractivity contribution in [3.63, 3.8) is 0 Å². The van der Waals surface area contributed by atoms with Crippen LogP contribution in [0, 0.1) is 5.82 Å². The Kier molecular flexibility index (Phi) is 7.56. The lowest BCUT2D eigenvalue weighted by Gasteiger charge is -2.09. The van der Waals surface area contributed by atoms with Crippen molar-refractivity contribution in [3.05, 3.63) is 99.9 Å². The lowest BCUT2D eigenvalue weighted by atomic mass is 10.1. The lowest BCUT2D eigenvalue weighted by molar-refractivity contribution is -0.134. The Morgan fingerprint density at radius 3 is 2.32 bits per heavy atom. The molecule has 0 bridgehead atoms. The van der Waals surface area contributed by atoms with E-state index in [4.69, 9.17) is 4.74 Å². The van der Waals surface area contributed by atoms with Gasteiger partial charge in [0.2, 0.25) is 5.91 Å². The topological polar surface area (TPSA) is 75.6 Å². The molecule has 0 aliphatic heterocycles. The van der Waals surface area contributed by atoms with Crippen LogP contribution in [-0.2, 0) is 16.0 Å². The van der Waals surface area contributed by atoms with Gasteiger partial charge < -0.3 is 15.2 Å². The molecule has 1 amide bonds. The van der Waals surface area contributed by atoms with E-state index in [-0.39, 0.29) is 17.9 Å². The van der Waals surface area contributed by atoms with Gasteiger partial charge in [0.25, 0.3) is 0 Å². The predicted molar refractivity (Wildman–Crippen MR) is 119 cm³/mol. The summed E-state index contributed by atoms with van der Waals surface area (Å²) in [4.78, 5) is 23.7. The van der Waals surface area contributed by atoms with Crippen LogP contribution in [0.15, 0.2) is 83.0 Å². The van der Waals surface area contributed by atoms with Gasteiger partial charge in [-0.05, 0) is 76.0 Å². The standard InChI is InChI=1S/C24H19BrFNO4/c25-20-3-1-2-4-22(20)31-19-12-7-17(8-13-19)15-21(24(29)30)27-23(28)14-9-16-5-10-18(26)11-6-16/h1-8,10-13,15H,9,14H2,(H,27,28)(H,29,30)/b21-15+. The Bertz CT molecular complexity index is 1100. The van der Waals surface area contributed by atoms with Crippen molar-refractivity contribution >= 4 is 33.9 Å². The Morgan fingerprint density at radius 1 is 1.00 bits per heavy atom. The summed E-state index contributed by atoms with van der Waals surface area (Å²) in [7, 11) is 0. The molecular weight excluding hydrogens is 465 g/mol. The van der Waals surface area contributed by atoms with Crippen LogP contribution in [0.5, 0.6) is 11.5 Å². The molecular formula is C24H19BrFNO4. The lowest BCUT2D eigenvalue weighted by Crippen LogP contribution is -2.27. The molecule has 0 aliphatic rings. The highest BCUT2D eigenvalue weighted by Crippen LogP contribution is 2.29. The highest BCUT2D eigenvalue weighted by molar-refractivity contribution is 9.10. The fourth-order valence-electron chi connectivity index (χ4n) is 2.73. The number of para-hydroxylation sites is 1. The Hall–Kier alpha value is -3.45. The number of carbonyl (C=O) groups is 2. The second kappa shape index (κ2) is 10.5. The first-order valence-corrected chi connectivity index (χ1v) is 10.2. The van der Waals surface area contributed by atoms with Crippen molar-refractivity contribution < 1.29 is 23.8 Å². The number of benzene rings is 3. The second-order valence-corrected chi connectivity index (χ2v) is 7.49. The number of amides is 1. The van der Waals surface area contributed by atoms with Gasteiger partial charge in [0.15, 0.2) is 0 Å². The normalized spacial score (nSPS) is 11.1. The number of carbonyl (C=O) groups excluding carboxylic acids is 1. The largest absolute Gasteiger partial charge is 0.477 e. The number of halogens is 2. The van der Waals surface area contributed by atoms with E-state index in [0.29, 0.717) is 23.5 Å². The molecule has 0 unspecified atom stereocenters. The van der Waals surface area contributed by atoms with Crippen molar-refractivity contribution in [2.24, 2.45) is 0 Å². The van der Waals surface area contributed by atoms with Crippen LogP contribution >= 0.6 is 15.9 Å². The van der Waals surface area contributed by atoms with E-state index in [1.54, 1.807) is 36.4 Å². The molecule has 0 aliphatic carbocycles. The summed E-state index contributed by atoms with van der Waals surface area (Å²) in [5, 5.41) is 11.8. The molecule has 31 heavy (non-hydrogen) atoms. The smallest absolute Gasteiger partial charge is 0.352 e. The van der Waals surface area contributed by atoms with Gasteiger partial charge in [0.1, 0.15) is 23.0 Å². The number of aryl methyl sites for hydroxylation is 1. The van der Waals surface area contributed by atoms with Crippen molar-refractivity contribution in [1.82, 2.24) is 5.32 Å². The zero-order valence-electron chi connectivity index (χ0n) is 16.3. The molecule has 0 radical (unpaired) electrons. The van der Waals surface area contributed by atoms with Gasteiger partial charge in [-0.1, -0.05) is 36.4 Å². The van der Waals surface area contributed by atoms with Crippen LogP contribution in [0.2, 0.25) is 0 Å². The number of rotatable bonds is 8. The van der Waals surface area contributed by atoms with Crippen LogP contribution in [0.3, 0.4) is 0 Å². The number of aliphatic carboxylic acids is 1. The van der Waals surface area contributed by atoms with Gasteiger partial charge in [-0.2, -0.15) is 0 Å². The molecule has 5 nitrogen and oxygen atoms in total. The minimum Gasteiger partial charge on any atom is -0.477 e. The minimum atomic E-state index is -1.25. The molecule has 0 saturated carbocycles. The van der Waals surface area contributed by atoms with Gasteiger partial charge in [0, 0.05) is 6.42 Å². The van der Waals surface area contributed by atoms with E-state index in [2.05, 4.69) is 21.2 Å². The van der Waals surface area contributed by atoms with Crippen molar-refractivity contribution in [2.75, 3.05) is 0 Å². The predicted octanol–water partition coefficient (Wildman–Crippen LogP) is 5.56. The maximum Gasteiger partial charge on any atom is 0.352 e. The number of carboxylic acid groups (broad SMARTS) is 1. The molecule has 3 aromatic carbocycles. The zero-order chi connectivity index (χ0) is 22.2. The third-order valence-corrected chi connectivity index (χ3v) is 4.97. The van der Waals surface area contributed by atoms with E-state index >= 15 is 0 Å². The first kappa shape index (κ1) is 22.2. The summed E-state index contributed by atoms with van der Waals surface area (Å²) in [6.45, 7) is 0. The van der Waals surface area contributed by atoms with Gasteiger partial charge in [-0.25, -0.2) is 9.18 Å². The summed E-state index contributed by atoms with van der Waals surface area (Å²) in [5.74, 6) is -0.789. The minimum absolute atomic E-state index is 0.0784. The van der Waals surface area contributed by atoms with Gasteiger partial charge >= 0.3 is 5.97 Å². The average molecular weight is 484 g/mol. The monoisotopic (exact) mass is 483 g/mol. The van der Waals surface area contributed by atoms with Gasteiger partial charge in [0.05, 0.1) is 4.47 Å². The summed E-state index contributed by atoms with van der Waals surface area (Å²) in [5.41, 5.74) is 1.15. The first-order chi connectivity index (χ1) is 14.9. The third-order valence-electron chi connectivity index (χ3n) is 4.31. The van der Waals surface area contributed by atoms with Crippen molar-refractivity contribution in [1.29, 1.82) is 0 Å². The molecule has 158 valence electrons. The van der Waals surface area contributed by atoms with E-state index in [1.807, 2.05) is 24.3 Å². The molecule has 0 aromatic heterocycles. The van der Waals surface area contributed by atoms with Crippen molar-refractivity contribution in [2.45, 2.75) is 12.8 Å². The summed E-state index contributed by atoms with van der Waals surface area (Å²) >= 11 is 3.41. The molecule has 0 spiro atoms. The SMILES string of the molecule is O=C(CCc1ccc(F)cc1)N/C(=C/c1ccc(Oc2ccccc2Br)cc1)C(=O)O. The molecule has 7 heteroatoms. The number of carboxylic acids is 1. The van der Waals surface area contributed by atoms with Gasteiger partial charge in [-0.15, -0.1) is 0 Å². The van der Waals surface area contributed by atoms with Crippen LogP contribution in [0.1, 0.15) is 17.5 Å². The summed E-state index contributed by atoms with van der Waals surface area (Å²) in [6.07, 6.45) is 1.83. The fraction of sp³-hybridized carbons (Fsp3) is 0.0833. The van der Waals surface area contributed by atoms with Crippen LogP contribution in [0.4, 0.5) is 4.39 Å². The molecule has 0 atom stereocenters. The van der Waals surface area contributed by atoms with E-state index in [9.17, 15) is 19.1 Å². The summed E-state index contributed by atoms with van der Waals surface area (Å²) in [6, 6.07) is 20.1. The number of hydrogen-bond acceptors (Lipinski definition) is 3. The first-order valence-electron chi connectivity index (χ1n) is 9.42. The third kappa shape index (κ3) is 6.79. The average Bonchev–Trinajstić information content (AvgIpc) is 2.75. The van der Waals surface area contributed by atoms with Crippen LogP contribution < -0.4 is 10.1 Å². The van der Waals surface area contributed by atoms with Gasteiger partial charge in [-0.3, -0.25) is 4.79 Å². The Labute approximate surface area is 187 Å². The highest BCUT2D eigenvalue weighted by Gasteiger charge is 2.12. The quantitative estimate of drug-likeness (QED) is 0.411.